The van der Waals surface area contributed by atoms with Crippen molar-refractivity contribution in [3.63, 3.8) is 0 Å². The quantitative estimate of drug-likeness (QED) is 0.580. The van der Waals surface area contributed by atoms with Crippen LogP contribution in [-0.4, -0.2) is 31.1 Å². The van der Waals surface area contributed by atoms with Crippen LogP contribution in [0.25, 0.3) is 0 Å². The molecule has 0 aromatic carbocycles. The molecule has 0 aromatic heterocycles. The first kappa shape index (κ1) is 11.8. The third-order valence-corrected chi connectivity index (χ3v) is 3.38. The molecule has 1 heterocycles. The van der Waals surface area contributed by atoms with Crippen molar-refractivity contribution < 1.29 is 18.3 Å². The fourth-order valence-corrected chi connectivity index (χ4v) is 2.11. The molecular formula is C11H17F2NO2. The number of carbonyl (C=O) groups is 1. The Morgan fingerprint density at radius 1 is 1.44 bits per heavy atom. The number of alkyl halides is 2. The number of halogens is 2. The van der Waals surface area contributed by atoms with Gasteiger partial charge in [-0.15, -0.1) is 0 Å². The number of ether oxygens (including phenoxy) is 1. The average molecular weight is 233 g/mol. The molecule has 1 atom stereocenters. The van der Waals surface area contributed by atoms with E-state index in [0.717, 1.165) is 18.9 Å². The maximum Gasteiger partial charge on any atom is 0.377 e. The summed E-state index contributed by atoms with van der Waals surface area (Å²) in [5.41, 5.74) is 0. The van der Waals surface area contributed by atoms with E-state index in [2.05, 4.69) is 10.1 Å². The average Bonchev–Trinajstić information content (AvgIpc) is 2.37. The summed E-state index contributed by atoms with van der Waals surface area (Å²) in [7, 11) is 0. The van der Waals surface area contributed by atoms with Crippen LogP contribution in [0.1, 0.15) is 32.1 Å². The molecular weight excluding hydrogens is 216 g/mol. The molecule has 0 radical (unpaired) electrons. The van der Waals surface area contributed by atoms with E-state index in [1.54, 1.807) is 0 Å². The van der Waals surface area contributed by atoms with E-state index in [1.165, 1.54) is 19.3 Å². The number of carbonyl (C=O) groups excluding carboxylic acids is 1. The van der Waals surface area contributed by atoms with Crippen LogP contribution in [0.5, 0.6) is 0 Å². The molecule has 2 rings (SSSR count). The van der Waals surface area contributed by atoms with Crippen LogP contribution in [0.2, 0.25) is 0 Å². The van der Waals surface area contributed by atoms with Crippen molar-refractivity contribution in [2.75, 3.05) is 13.1 Å². The monoisotopic (exact) mass is 233 g/mol. The predicted molar refractivity (Wildman–Crippen MR) is 54.3 cm³/mol. The van der Waals surface area contributed by atoms with E-state index in [1.807, 2.05) is 0 Å². The van der Waals surface area contributed by atoms with Crippen molar-refractivity contribution in [2.45, 2.75) is 44.1 Å². The second-order valence-corrected chi connectivity index (χ2v) is 4.73. The topological polar surface area (TPSA) is 38.3 Å². The lowest BCUT2D eigenvalue weighted by atomic mass is 9.83. The van der Waals surface area contributed by atoms with Crippen molar-refractivity contribution >= 4 is 5.97 Å². The molecule has 16 heavy (non-hydrogen) atoms. The molecule has 2 aliphatic rings. The molecule has 1 saturated heterocycles. The smallest absolute Gasteiger partial charge is 0.377 e. The summed E-state index contributed by atoms with van der Waals surface area (Å²) in [6.45, 7) is 1.17. The Hall–Kier alpha value is -0.710. The van der Waals surface area contributed by atoms with Gasteiger partial charge in [-0.3, -0.25) is 0 Å². The summed E-state index contributed by atoms with van der Waals surface area (Å²) >= 11 is 0. The number of esters is 1. The minimum atomic E-state index is -3.28. The Labute approximate surface area is 93.5 Å². The summed E-state index contributed by atoms with van der Waals surface area (Å²) in [5, 5.41) is 3.07. The molecule has 1 aliphatic carbocycles. The zero-order chi connectivity index (χ0) is 11.6. The van der Waals surface area contributed by atoms with Gasteiger partial charge in [-0.25, -0.2) is 4.79 Å². The molecule has 1 unspecified atom stereocenters. The second kappa shape index (κ2) is 4.65. The molecule has 1 saturated carbocycles. The Morgan fingerprint density at radius 3 is 2.69 bits per heavy atom. The van der Waals surface area contributed by atoms with Crippen LogP contribution in [0.15, 0.2) is 0 Å². The van der Waals surface area contributed by atoms with Gasteiger partial charge in [-0.05, 0) is 18.9 Å². The van der Waals surface area contributed by atoms with Crippen LogP contribution < -0.4 is 5.32 Å². The first-order valence-electron chi connectivity index (χ1n) is 5.87. The van der Waals surface area contributed by atoms with E-state index < -0.39 is 24.4 Å². The highest BCUT2D eigenvalue weighted by molar-refractivity contribution is 5.79. The van der Waals surface area contributed by atoms with E-state index in [9.17, 15) is 13.6 Å². The first-order chi connectivity index (χ1) is 7.58. The van der Waals surface area contributed by atoms with Crippen molar-refractivity contribution in [3.8, 4) is 0 Å². The molecule has 0 bridgehead atoms. The zero-order valence-corrected chi connectivity index (χ0v) is 9.18. The van der Waals surface area contributed by atoms with Gasteiger partial charge < -0.3 is 10.1 Å². The predicted octanol–water partition coefficient (Wildman–Crippen LogP) is 1.72. The maximum absolute atomic E-state index is 12.8. The zero-order valence-electron chi connectivity index (χ0n) is 9.18. The SMILES string of the molecule is O=C1OC(CNCCC2CCC2)CC1(F)F. The lowest BCUT2D eigenvalue weighted by molar-refractivity contribution is -0.159. The lowest BCUT2D eigenvalue weighted by Crippen LogP contribution is -2.29. The van der Waals surface area contributed by atoms with Crippen LogP contribution in [0.4, 0.5) is 8.78 Å². The standard InChI is InChI=1S/C11H17F2NO2/c12-11(13)6-9(16-10(11)15)7-14-5-4-8-2-1-3-8/h8-9,14H,1-7H2. The lowest BCUT2D eigenvalue weighted by Gasteiger charge is -2.25. The molecule has 5 heteroatoms. The van der Waals surface area contributed by atoms with Gasteiger partial charge in [-0.2, -0.15) is 8.78 Å². The normalized spacial score (nSPS) is 28.9. The fraction of sp³-hybridized carbons (Fsp3) is 0.909. The number of nitrogens with one attached hydrogen (secondary N) is 1. The summed E-state index contributed by atoms with van der Waals surface area (Å²) in [6, 6.07) is 0. The number of cyclic esters (lactones) is 1. The van der Waals surface area contributed by atoms with E-state index in [0.29, 0.717) is 6.54 Å². The minimum Gasteiger partial charge on any atom is -0.456 e. The van der Waals surface area contributed by atoms with E-state index in [4.69, 9.17) is 0 Å². The highest BCUT2D eigenvalue weighted by Gasteiger charge is 2.50. The van der Waals surface area contributed by atoms with Gasteiger partial charge >= 0.3 is 11.9 Å². The summed E-state index contributed by atoms with van der Waals surface area (Å²) in [6.07, 6.45) is 3.84. The third-order valence-electron chi connectivity index (χ3n) is 3.38. The number of hydrogen-bond acceptors (Lipinski definition) is 3. The van der Waals surface area contributed by atoms with E-state index >= 15 is 0 Å². The third kappa shape index (κ3) is 2.70. The van der Waals surface area contributed by atoms with Crippen LogP contribution in [-0.2, 0) is 9.53 Å². The van der Waals surface area contributed by atoms with Crippen molar-refractivity contribution in [1.82, 2.24) is 5.32 Å². The Bertz CT molecular complexity index is 267. The molecule has 1 aliphatic heterocycles. The first-order valence-corrected chi connectivity index (χ1v) is 5.87. The number of hydrogen-bond donors (Lipinski definition) is 1. The maximum atomic E-state index is 12.8. The van der Waals surface area contributed by atoms with E-state index in [-0.39, 0.29) is 0 Å². The van der Waals surface area contributed by atoms with Crippen LogP contribution in [0.3, 0.4) is 0 Å². The van der Waals surface area contributed by atoms with Gasteiger partial charge in [0.15, 0.2) is 0 Å². The second-order valence-electron chi connectivity index (χ2n) is 4.73. The van der Waals surface area contributed by atoms with Crippen LogP contribution >= 0.6 is 0 Å². The highest BCUT2D eigenvalue weighted by Crippen LogP contribution is 2.31. The minimum absolute atomic E-state index is 0.341. The molecule has 0 spiro atoms. The molecule has 3 nitrogen and oxygen atoms in total. The fourth-order valence-electron chi connectivity index (χ4n) is 2.11. The summed E-state index contributed by atoms with van der Waals surface area (Å²) < 4.78 is 30.1. The van der Waals surface area contributed by atoms with Crippen LogP contribution in [0, 0.1) is 5.92 Å². The molecule has 0 aromatic rings. The van der Waals surface area contributed by atoms with Gasteiger partial charge in [0.05, 0.1) is 6.42 Å². The summed E-state index contributed by atoms with van der Waals surface area (Å²) in [4.78, 5) is 10.7. The molecule has 1 N–H and O–H groups in total. The summed E-state index contributed by atoms with van der Waals surface area (Å²) in [5.74, 6) is -3.85. The Kier molecular flexibility index (Phi) is 3.42. The van der Waals surface area contributed by atoms with Gasteiger partial charge in [0, 0.05) is 6.54 Å². The highest BCUT2D eigenvalue weighted by atomic mass is 19.3. The molecule has 2 fully saturated rings. The van der Waals surface area contributed by atoms with Gasteiger partial charge in [0.25, 0.3) is 0 Å². The van der Waals surface area contributed by atoms with Gasteiger partial charge in [0.2, 0.25) is 0 Å². The van der Waals surface area contributed by atoms with Gasteiger partial charge in [0.1, 0.15) is 6.10 Å². The van der Waals surface area contributed by atoms with Crippen molar-refractivity contribution in [1.29, 1.82) is 0 Å². The Morgan fingerprint density at radius 2 is 2.19 bits per heavy atom. The largest absolute Gasteiger partial charge is 0.456 e. The van der Waals surface area contributed by atoms with Crippen molar-refractivity contribution in [3.05, 3.63) is 0 Å². The molecule has 0 amide bonds. The van der Waals surface area contributed by atoms with Crippen molar-refractivity contribution in [2.24, 2.45) is 5.92 Å². The van der Waals surface area contributed by atoms with Gasteiger partial charge in [-0.1, -0.05) is 19.3 Å². The Balaban J connectivity index is 1.58. The molecule has 92 valence electrons. The number of rotatable bonds is 5.